The van der Waals surface area contributed by atoms with Gasteiger partial charge in [-0.2, -0.15) is 0 Å². The van der Waals surface area contributed by atoms with Gasteiger partial charge in [0.25, 0.3) is 0 Å². The molecule has 2 atom stereocenters. The number of phenols is 1. The lowest BCUT2D eigenvalue weighted by atomic mass is 9.95. The zero-order valence-electron chi connectivity index (χ0n) is 15.5. The maximum absolute atomic E-state index is 13.4. The van der Waals surface area contributed by atoms with E-state index < -0.39 is 11.7 Å². The molecule has 1 fully saturated rings. The SMILES string of the molecule is COc1cc(O)c2c(=O)c3c(OC)cc4c(c3oc2c1OC)[C@H]1CCO[C@H]1O4. The fraction of sp³-hybridized carbons (Fsp3) is 0.350. The Kier molecular flexibility index (Phi) is 3.60. The van der Waals surface area contributed by atoms with Gasteiger partial charge < -0.3 is 33.2 Å². The molecule has 3 heterocycles. The summed E-state index contributed by atoms with van der Waals surface area (Å²) in [6.07, 6.45) is 0.341. The fourth-order valence-corrected chi connectivity index (χ4v) is 4.14. The van der Waals surface area contributed by atoms with Gasteiger partial charge in [-0.3, -0.25) is 4.79 Å². The first-order chi connectivity index (χ1) is 13.6. The van der Waals surface area contributed by atoms with Crippen LogP contribution in [0.4, 0.5) is 0 Å². The smallest absolute Gasteiger partial charge is 0.208 e. The fourth-order valence-electron chi connectivity index (χ4n) is 4.14. The lowest BCUT2D eigenvalue weighted by Gasteiger charge is -2.15. The van der Waals surface area contributed by atoms with Crippen molar-refractivity contribution < 1.29 is 33.2 Å². The van der Waals surface area contributed by atoms with E-state index in [0.29, 0.717) is 23.7 Å². The van der Waals surface area contributed by atoms with Crippen LogP contribution in [-0.2, 0) is 4.74 Å². The van der Waals surface area contributed by atoms with Crippen LogP contribution in [0.2, 0.25) is 0 Å². The molecular weight excluding hydrogens is 368 g/mol. The van der Waals surface area contributed by atoms with E-state index in [1.165, 1.54) is 27.4 Å². The van der Waals surface area contributed by atoms with Crippen LogP contribution in [0.3, 0.4) is 0 Å². The summed E-state index contributed by atoms with van der Waals surface area (Å²) in [7, 11) is 4.35. The maximum atomic E-state index is 13.4. The van der Waals surface area contributed by atoms with E-state index >= 15 is 0 Å². The summed E-state index contributed by atoms with van der Waals surface area (Å²) < 4.78 is 33.8. The average molecular weight is 386 g/mol. The minimum absolute atomic E-state index is 0.00142. The second-order valence-corrected chi connectivity index (χ2v) is 6.71. The molecule has 0 spiro atoms. The number of fused-ring (bicyclic) bond motifs is 6. The first-order valence-corrected chi connectivity index (χ1v) is 8.82. The predicted octanol–water partition coefficient (Wildman–Crippen LogP) is 2.90. The summed E-state index contributed by atoms with van der Waals surface area (Å²) in [6.45, 7) is 0.568. The van der Waals surface area contributed by atoms with Crippen molar-refractivity contribution >= 4 is 21.9 Å². The molecule has 5 rings (SSSR count). The Balaban J connectivity index is 1.98. The molecule has 0 saturated carbocycles. The van der Waals surface area contributed by atoms with Crippen molar-refractivity contribution in [1.29, 1.82) is 0 Å². The van der Waals surface area contributed by atoms with Crippen LogP contribution >= 0.6 is 0 Å². The summed E-state index contributed by atoms with van der Waals surface area (Å²) >= 11 is 0. The van der Waals surface area contributed by atoms with Gasteiger partial charge in [0.15, 0.2) is 11.3 Å². The third-order valence-electron chi connectivity index (χ3n) is 5.38. The number of hydrogen-bond donors (Lipinski definition) is 1. The first kappa shape index (κ1) is 17.0. The lowest BCUT2D eigenvalue weighted by Crippen LogP contribution is -2.13. The van der Waals surface area contributed by atoms with Crippen LogP contribution in [0.25, 0.3) is 21.9 Å². The highest BCUT2D eigenvalue weighted by atomic mass is 16.7. The Morgan fingerprint density at radius 1 is 1.04 bits per heavy atom. The minimum atomic E-state index is -0.420. The number of methoxy groups -OCH3 is 3. The second kappa shape index (κ2) is 5.93. The second-order valence-electron chi connectivity index (χ2n) is 6.71. The Labute approximate surface area is 159 Å². The Bertz CT molecular complexity index is 1180. The van der Waals surface area contributed by atoms with Crippen LogP contribution < -0.4 is 24.4 Å². The van der Waals surface area contributed by atoms with Gasteiger partial charge in [0.2, 0.25) is 17.5 Å². The molecule has 0 aliphatic carbocycles. The molecule has 2 aromatic carbocycles. The molecule has 8 heteroatoms. The Morgan fingerprint density at radius 3 is 2.54 bits per heavy atom. The van der Waals surface area contributed by atoms with Crippen molar-refractivity contribution in [3.05, 3.63) is 27.9 Å². The van der Waals surface area contributed by atoms with Crippen molar-refractivity contribution in [2.45, 2.75) is 18.6 Å². The first-order valence-electron chi connectivity index (χ1n) is 8.82. The van der Waals surface area contributed by atoms with Gasteiger partial charge in [0.1, 0.15) is 33.6 Å². The van der Waals surface area contributed by atoms with Gasteiger partial charge in [0, 0.05) is 17.7 Å². The van der Waals surface area contributed by atoms with Crippen LogP contribution in [0, 0.1) is 0 Å². The van der Waals surface area contributed by atoms with Crippen LogP contribution in [-0.4, -0.2) is 39.3 Å². The predicted molar refractivity (Wildman–Crippen MR) is 99.0 cm³/mol. The Morgan fingerprint density at radius 2 is 1.82 bits per heavy atom. The molecule has 0 unspecified atom stereocenters. The van der Waals surface area contributed by atoms with E-state index in [2.05, 4.69) is 0 Å². The molecule has 0 radical (unpaired) electrons. The highest BCUT2D eigenvalue weighted by Gasteiger charge is 2.42. The van der Waals surface area contributed by atoms with Crippen molar-refractivity contribution in [3.8, 4) is 28.7 Å². The number of benzene rings is 2. The van der Waals surface area contributed by atoms with E-state index in [1.807, 2.05) is 0 Å². The maximum Gasteiger partial charge on any atom is 0.208 e. The van der Waals surface area contributed by atoms with E-state index in [1.54, 1.807) is 6.07 Å². The summed E-state index contributed by atoms with van der Waals surface area (Å²) in [5, 5.41) is 10.7. The van der Waals surface area contributed by atoms with Gasteiger partial charge in [-0.1, -0.05) is 0 Å². The van der Waals surface area contributed by atoms with Crippen molar-refractivity contribution in [2.75, 3.05) is 27.9 Å². The van der Waals surface area contributed by atoms with Crippen molar-refractivity contribution in [3.63, 3.8) is 0 Å². The van der Waals surface area contributed by atoms with Crippen molar-refractivity contribution in [1.82, 2.24) is 0 Å². The monoisotopic (exact) mass is 386 g/mol. The third-order valence-corrected chi connectivity index (χ3v) is 5.38. The van der Waals surface area contributed by atoms with Crippen LogP contribution in [0.1, 0.15) is 17.9 Å². The highest BCUT2D eigenvalue weighted by Crippen LogP contribution is 2.51. The molecule has 3 aromatic rings. The molecule has 2 aliphatic heterocycles. The third kappa shape index (κ3) is 2.06. The topological polar surface area (TPSA) is 96.6 Å². The summed E-state index contributed by atoms with van der Waals surface area (Å²) in [6, 6.07) is 2.99. The van der Waals surface area contributed by atoms with E-state index in [4.69, 9.17) is 28.1 Å². The lowest BCUT2D eigenvalue weighted by molar-refractivity contribution is -0.0337. The van der Waals surface area contributed by atoms with E-state index in [0.717, 1.165) is 12.0 Å². The average Bonchev–Trinajstić information content (AvgIpc) is 3.27. The normalized spacial score (nSPS) is 20.1. The minimum Gasteiger partial charge on any atom is -0.507 e. The van der Waals surface area contributed by atoms with Crippen LogP contribution in [0.5, 0.6) is 28.7 Å². The van der Waals surface area contributed by atoms with Gasteiger partial charge in [0.05, 0.1) is 33.9 Å². The molecule has 146 valence electrons. The molecule has 0 amide bonds. The quantitative estimate of drug-likeness (QED) is 0.687. The zero-order valence-corrected chi connectivity index (χ0v) is 15.5. The molecule has 1 saturated heterocycles. The van der Waals surface area contributed by atoms with Gasteiger partial charge in [-0.25, -0.2) is 0 Å². The zero-order chi connectivity index (χ0) is 19.6. The molecule has 2 aliphatic rings. The number of aromatic hydroxyl groups is 1. The molecule has 1 N–H and O–H groups in total. The van der Waals surface area contributed by atoms with Gasteiger partial charge >= 0.3 is 0 Å². The number of hydrogen-bond acceptors (Lipinski definition) is 8. The summed E-state index contributed by atoms with van der Waals surface area (Å²) in [4.78, 5) is 13.4. The largest absolute Gasteiger partial charge is 0.507 e. The Hall–Kier alpha value is -3.13. The molecule has 28 heavy (non-hydrogen) atoms. The molecular formula is C20H18O8. The van der Waals surface area contributed by atoms with Gasteiger partial charge in [-0.05, 0) is 6.42 Å². The number of ether oxygens (including phenoxy) is 5. The van der Waals surface area contributed by atoms with Crippen LogP contribution in [0.15, 0.2) is 21.3 Å². The molecule has 0 bridgehead atoms. The number of phenolic OH excluding ortho intramolecular Hbond substituents is 1. The highest BCUT2D eigenvalue weighted by molar-refractivity contribution is 6.01. The van der Waals surface area contributed by atoms with E-state index in [9.17, 15) is 9.90 Å². The van der Waals surface area contributed by atoms with E-state index in [-0.39, 0.29) is 39.5 Å². The summed E-state index contributed by atoms with van der Waals surface area (Å²) in [5.74, 6) is 1.04. The number of rotatable bonds is 3. The van der Waals surface area contributed by atoms with Gasteiger partial charge in [-0.15, -0.1) is 0 Å². The molecule has 8 nitrogen and oxygen atoms in total. The van der Waals surface area contributed by atoms with Crippen molar-refractivity contribution in [2.24, 2.45) is 0 Å². The summed E-state index contributed by atoms with van der Waals surface area (Å²) in [5.41, 5.74) is 0.795. The standard InChI is InChI=1S/C20H18O8/c1-23-10-7-11-13(8-4-5-26-20(8)27-11)18-15(10)16(22)14-9(21)6-12(24-2)17(25-3)19(14)28-18/h6-8,20-21H,4-5H2,1-3H3/t8-,20+/m1/s1. The molecule has 1 aromatic heterocycles.